The average molecular weight is 447 g/mol. The number of aliphatic imine (C=N–C) groups is 1. The van der Waals surface area contributed by atoms with Crippen LogP contribution in [0.2, 0.25) is 0 Å². The van der Waals surface area contributed by atoms with E-state index in [1.54, 1.807) is 24.3 Å². The molecule has 3 aromatic rings. The molecule has 0 aliphatic carbocycles. The third kappa shape index (κ3) is 4.95. The summed E-state index contributed by atoms with van der Waals surface area (Å²) in [6.45, 7) is 0.307. The van der Waals surface area contributed by atoms with Crippen LogP contribution < -0.4 is 21.0 Å². The number of nitrogens with zero attached hydrogens (tertiary/aromatic N) is 4. The smallest absolute Gasteiger partial charge is 0.305 e. The lowest BCUT2D eigenvalue weighted by molar-refractivity contribution is -0.136. The van der Waals surface area contributed by atoms with E-state index in [0.29, 0.717) is 23.8 Å². The summed E-state index contributed by atoms with van der Waals surface area (Å²) in [6.07, 6.45) is 5.61. The molecule has 4 rings (SSSR count). The molecule has 5 N–H and O–H groups in total. The van der Waals surface area contributed by atoms with E-state index in [0.717, 1.165) is 35.4 Å². The largest absolute Gasteiger partial charge is 0.481 e. The third-order valence-electron chi connectivity index (χ3n) is 5.27. The fourth-order valence-corrected chi connectivity index (χ4v) is 3.52. The van der Waals surface area contributed by atoms with Gasteiger partial charge in [0.05, 0.1) is 17.5 Å². The molecule has 0 unspecified atom stereocenters. The van der Waals surface area contributed by atoms with Crippen LogP contribution in [-0.4, -0.2) is 39.2 Å². The van der Waals surface area contributed by atoms with Crippen molar-refractivity contribution in [3.8, 4) is 5.75 Å². The molecule has 0 radical (unpaired) electrons. The fraction of sp³-hybridized carbons (Fsp3) is 0.217. The van der Waals surface area contributed by atoms with Gasteiger partial charge < -0.3 is 25.1 Å². The highest BCUT2D eigenvalue weighted by Crippen LogP contribution is 2.28. The Morgan fingerprint density at radius 1 is 1.27 bits per heavy atom. The SMILES string of the molecule is Cn1c(NOc2ccc(C(=N)N)cc2)nc2cc(N(CCC(=O)O)C3=CCCC=N3)ccc21. The summed E-state index contributed by atoms with van der Waals surface area (Å²) in [4.78, 5) is 27.8. The molecular formula is C23H25N7O3. The quantitative estimate of drug-likeness (QED) is 0.224. The number of nitrogens with one attached hydrogen (secondary N) is 2. The first kappa shape index (κ1) is 21.9. The van der Waals surface area contributed by atoms with Crippen molar-refractivity contribution in [2.24, 2.45) is 17.8 Å². The number of carbonyl (C=O) groups is 1. The Morgan fingerprint density at radius 2 is 2.06 bits per heavy atom. The minimum absolute atomic E-state index is 0.00379. The van der Waals surface area contributed by atoms with Crippen LogP contribution in [0.15, 0.2) is 59.4 Å². The van der Waals surface area contributed by atoms with Crippen molar-refractivity contribution in [3.05, 3.63) is 59.9 Å². The lowest BCUT2D eigenvalue weighted by atomic mass is 10.2. The van der Waals surface area contributed by atoms with Gasteiger partial charge in [-0.05, 0) is 61.4 Å². The molecule has 2 aromatic carbocycles. The van der Waals surface area contributed by atoms with E-state index in [-0.39, 0.29) is 12.3 Å². The monoisotopic (exact) mass is 447 g/mol. The Kier molecular flexibility index (Phi) is 6.25. The van der Waals surface area contributed by atoms with Crippen molar-refractivity contribution in [1.29, 1.82) is 5.41 Å². The molecule has 0 spiro atoms. The number of anilines is 2. The Morgan fingerprint density at radius 3 is 2.73 bits per heavy atom. The van der Waals surface area contributed by atoms with E-state index in [4.69, 9.17) is 16.0 Å². The molecule has 1 aliphatic rings. The first-order chi connectivity index (χ1) is 15.9. The van der Waals surface area contributed by atoms with Gasteiger partial charge in [-0.15, -0.1) is 0 Å². The van der Waals surface area contributed by atoms with E-state index < -0.39 is 5.97 Å². The summed E-state index contributed by atoms with van der Waals surface area (Å²) < 4.78 is 1.86. The van der Waals surface area contributed by atoms with Crippen LogP contribution in [0.3, 0.4) is 0 Å². The highest BCUT2D eigenvalue weighted by molar-refractivity contribution is 5.95. The third-order valence-corrected chi connectivity index (χ3v) is 5.27. The summed E-state index contributed by atoms with van der Waals surface area (Å²) >= 11 is 0. The number of aliphatic carboxylic acids is 1. The van der Waals surface area contributed by atoms with Crippen molar-refractivity contribution in [3.63, 3.8) is 0 Å². The summed E-state index contributed by atoms with van der Waals surface area (Å²) in [5.41, 5.74) is 11.4. The number of nitrogens with two attached hydrogens (primary N) is 1. The predicted octanol–water partition coefficient (Wildman–Crippen LogP) is 3.25. The zero-order valence-corrected chi connectivity index (χ0v) is 18.2. The van der Waals surface area contributed by atoms with E-state index in [2.05, 4.69) is 15.5 Å². The topological polar surface area (TPSA) is 142 Å². The van der Waals surface area contributed by atoms with Crippen LogP contribution in [0, 0.1) is 5.41 Å². The number of allylic oxidation sites excluding steroid dienone is 1. The minimum atomic E-state index is -0.862. The van der Waals surface area contributed by atoms with Crippen LogP contribution in [0.5, 0.6) is 5.75 Å². The molecule has 0 bridgehead atoms. The van der Waals surface area contributed by atoms with Crippen molar-refractivity contribution in [2.75, 3.05) is 16.9 Å². The van der Waals surface area contributed by atoms with Gasteiger partial charge in [-0.1, -0.05) is 0 Å². The van der Waals surface area contributed by atoms with Crippen molar-refractivity contribution in [2.45, 2.75) is 19.3 Å². The molecule has 33 heavy (non-hydrogen) atoms. The summed E-state index contributed by atoms with van der Waals surface area (Å²) in [7, 11) is 1.87. The standard InChI is InChI=1S/C23H25N7O3/c1-29-19-10-7-16(30(13-11-21(31)32)20-4-2-3-12-26-20)14-18(19)27-23(29)28-33-17-8-5-15(6-9-17)22(24)25/h4-10,12,14H,2-3,11,13H2,1H3,(H3,24,25)(H,27,28)(H,31,32). The average Bonchev–Trinajstić information content (AvgIpc) is 3.13. The first-order valence-electron chi connectivity index (χ1n) is 10.5. The van der Waals surface area contributed by atoms with Crippen molar-refractivity contribution < 1.29 is 14.7 Å². The van der Waals surface area contributed by atoms with Gasteiger partial charge in [-0.25, -0.2) is 9.98 Å². The van der Waals surface area contributed by atoms with Gasteiger partial charge in [0.1, 0.15) is 11.7 Å². The highest BCUT2D eigenvalue weighted by atomic mass is 16.6. The van der Waals surface area contributed by atoms with Gasteiger partial charge in [0.15, 0.2) is 5.75 Å². The summed E-state index contributed by atoms with van der Waals surface area (Å²) in [5, 5.41) is 16.6. The number of aryl methyl sites for hydroxylation is 1. The number of fused-ring (bicyclic) bond motifs is 1. The molecule has 0 atom stereocenters. The van der Waals surface area contributed by atoms with E-state index in [9.17, 15) is 9.90 Å². The zero-order chi connectivity index (χ0) is 23.4. The molecule has 10 heteroatoms. The van der Waals surface area contributed by atoms with Crippen LogP contribution in [-0.2, 0) is 11.8 Å². The predicted molar refractivity (Wildman–Crippen MR) is 128 cm³/mol. The lowest BCUT2D eigenvalue weighted by Gasteiger charge is -2.25. The molecule has 0 saturated carbocycles. The van der Waals surface area contributed by atoms with E-state index >= 15 is 0 Å². The maximum Gasteiger partial charge on any atom is 0.305 e. The number of rotatable bonds is 9. The van der Waals surface area contributed by atoms with Gasteiger partial charge in [0, 0.05) is 31.1 Å². The van der Waals surface area contributed by atoms with Gasteiger partial charge in [-0.2, -0.15) is 5.48 Å². The van der Waals surface area contributed by atoms with Crippen LogP contribution in [0.25, 0.3) is 11.0 Å². The van der Waals surface area contributed by atoms with Gasteiger partial charge in [-0.3, -0.25) is 10.2 Å². The first-order valence-corrected chi connectivity index (χ1v) is 10.5. The Hall–Kier alpha value is -4.34. The Balaban J connectivity index is 1.56. The maximum absolute atomic E-state index is 11.2. The fourth-order valence-electron chi connectivity index (χ4n) is 3.52. The number of aromatic nitrogens is 2. The van der Waals surface area contributed by atoms with Gasteiger partial charge >= 0.3 is 5.97 Å². The minimum Gasteiger partial charge on any atom is -0.481 e. The van der Waals surface area contributed by atoms with Crippen LogP contribution >= 0.6 is 0 Å². The van der Waals surface area contributed by atoms with Gasteiger partial charge in [0.2, 0.25) is 5.95 Å². The Bertz CT molecular complexity index is 1240. The molecule has 170 valence electrons. The highest BCUT2D eigenvalue weighted by Gasteiger charge is 2.17. The van der Waals surface area contributed by atoms with Crippen molar-refractivity contribution >= 4 is 40.7 Å². The number of amidine groups is 1. The number of imidazole rings is 1. The molecule has 0 fully saturated rings. The maximum atomic E-state index is 11.2. The molecule has 1 aliphatic heterocycles. The number of carboxylic acid groups (broad SMARTS) is 1. The van der Waals surface area contributed by atoms with E-state index in [1.807, 2.05) is 47.0 Å². The number of hydrogen-bond donors (Lipinski definition) is 4. The number of nitrogen functional groups attached to an aromatic ring is 1. The van der Waals surface area contributed by atoms with Crippen LogP contribution in [0.1, 0.15) is 24.8 Å². The number of hydrogen-bond acceptors (Lipinski definition) is 7. The van der Waals surface area contributed by atoms with Crippen LogP contribution in [0.4, 0.5) is 11.6 Å². The normalized spacial score (nSPS) is 12.9. The molecule has 0 saturated heterocycles. The molecule has 10 nitrogen and oxygen atoms in total. The van der Waals surface area contributed by atoms with E-state index in [1.165, 1.54) is 0 Å². The molecule has 1 aromatic heterocycles. The summed E-state index contributed by atoms with van der Waals surface area (Å²) in [5.74, 6) is 0.931. The second kappa shape index (κ2) is 9.43. The second-order valence-electron chi connectivity index (χ2n) is 7.56. The lowest BCUT2D eigenvalue weighted by Crippen LogP contribution is -2.25. The number of benzene rings is 2. The molecule has 2 heterocycles. The molecule has 0 amide bonds. The number of carboxylic acids is 1. The second-order valence-corrected chi connectivity index (χ2v) is 7.56. The van der Waals surface area contributed by atoms with Gasteiger partial charge in [0.25, 0.3) is 0 Å². The Labute approximate surface area is 190 Å². The van der Waals surface area contributed by atoms with Crippen molar-refractivity contribution in [1.82, 2.24) is 9.55 Å². The molecular weight excluding hydrogens is 422 g/mol. The summed E-state index contributed by atoms with van der Waals surface area (Å²) in [6, 6.07) is 12.6. The zero-order valence-electron chi connectivity index (χ0n) is 18.2.